The number of carbonyl (C=O) groups excluding carboxylic acids is 1. The Kier molecular flexibility index (Phi) is 8.79. The quantitative estimate of drug-likeness (QED) is 0.764. The van der Waals surface area contributed by atoms with E-state index in [2.05, 4.69) is 9.97 Å². The van der Waals surface area contributed by atoms with Gasteiger partial charge in [0.25, 0.3) is 0 Å². The molecule has 1 heterocycles. The van der Waals surface area contributed by atoms with Crippen LogP contribution in [-0.2, 0) is 0 Å². The maximum Gasteiger partial charge on any atom is 0.159 e. The van der Waals surface area contributed by atoms with Gasteiger partial charge in [0.05, 0.1) is 0 Å². The molecule has 0 amide bonds. The van der Waals surface area contributed by atoms with E-state index in [0.29, 0.717) is 23.2 Å². The molecule has 0 radical (unpaired) electrons. The fraction of sp³-hybridized carbons (Fsp3) is 0.267. The number of aromatic nitrogens is 2. The number of benzene rings is 1. The molecule has 0 N–H and O–H groups in total. The Labute approximate surface area is 113 Å². The molecule has 0 saturated carbocycles. The van der Waals surface area contributed by atoms with E-state index in [1.807, 2.05) is 27.7 Å². The van der Waals surface area contributed by atoms with Crippen LogP contribution >= 0.6 is 0 Å². The molecular formula is C15H19FN2O. The second-order valence-electron chi connectivity index (χ2n) is 2.92. The van der Waals surface area contributed by atoms with Crippen LogP contribution < -0.4 is 0 Å². The first kappa shape index (κ1) is 16.9. The van der Waals surface area contributed by atoms with E-state index < -0.39 is 5.82 Å². The van der Waals surface area contributed by atoms with Crippen LogP contribution in [-0.4, -0.2) is 16.3 Å². The van der Waals surface area contributed by atoms with Crippen LogP contribution in [0.15, 0.2) is 36.7 Å². The molecule has 3 nitrogen and oxygen atoms in total. The van der Waals surface area contributed by atoms with Gasteiger partial charge in [0.15, 0.2) is 12.1 Å². The Balaban J connectivity index is 0.000000741. The Bertz CT molecular complexity index is 487. The molecule has 0 unspecified atom stereocenters. The van der Waals surface area contributed by atoms with Crippen molar-refractivity contribution in [3.05, 3.63) is 48.0 Å². The van der Waals surface area contributed by atoms with Crippen molar-refractivity contribution in [1.82, 2.24) is 9.97 Å². The lowest BCUT2D eigenvalue weighted by Crippen LogP contribution is -1.93. The van der Waals surface area contributed by atoms with Crippen molar-refractivity contribution in [3.8, 4) is 11.4 Å². The lowest BCUT2D eigenvalue weighted by Gasteiger charge is -2.02. The molecule has 0 aliphatic carbocycles. The molecule has 2 rings (SSSR count). The minimum Gasteiger partial charge on any atom is -0.298 e. The fourth-order valence-corrected chi connectivity index (χ4v) is 1.26. The molecule has 0 atom stereocenters. The van der Waals surface area contributed by atoms with Gasteiger partial charge in [-0.1, -0.05) is 27.7 Å². The standard InChI is InChI=1S/C11H7FN2O.2C2H6/c12-9-3-2-8(7-15)10(6-9)11-13-4-1-5-14-11;2*1-2/h1-7H;2*1-2H3. The second kappa shape index (κ2) is 9.88. The molecule has 0 spiro atoms. The number of nitrogens with zero attached hydrogens (tertiary/aromatic N) is 2. The highest BCUT2D eigenvalue weighted by Gasteiger charge is 2.07. The molecule has 0 bridgehead atoms. The smallest absolute Gasteiger partial charge is 0.159 e. The average molecular weight is 262 g/mol. The molecule has 0 aliphatic rings. The van der Waals surface area contributed by atoms with Gasteiger partial charge in [-0.15, -0.1) is 0 Å². The lowest BCUT2D eigenvalue weighted by molar-refractivity contribution is 0.112. The van der Waals surface area contributed by atoms with E-state index >= 15 is 0 Å². The van der Waals surface area contributed by atoms with Crippen LogP contribution in [0.4, 0.5) is 4.39 Å². The van der Waals surface area contributed by atoms with Crippen LogP contribution in [0.25, 0.3) is 11.4 Å². The number of carbonyl (C=O) groups is 1. The monoisotopic (exact) mass is 262 g/mol. The molecule has 1 aromatic carbocycles. The van der Waals surface area contributed by atoms with Crippen molar-refractivity contribution >= 4 is 6.29 Å². The van der Waals surface area contributed by atoms with Gasteiger partial charge in [-0.2, -0.15) is 0 Å². The third kappa shape index (κ3) is 4.95. The fourth-order valence-electron chi connectivity index (χ4n) is 1.26. The zero-order valence-electron chi connectivity index (χ0n) is 11.7. The summed E-state index contributed by atoms with van der Waals surface area (Å²) in [7, 11) is 0. The number of rotatable bonds is 2. The number of aldehydes is 1. The first-order chi connectivity index (χ1) is 9.31. The molecule has 2 aromatic rings. The minimum atomic E-state index is -0.414. The normalized spacial score (nSPS) is 8.47. The average Bonchev–Trinajstić information content (AvgIpc) is 2.52. The first-order valence-electron chi connectivity index (χ1n) is 6.33. The van der Waals surface area contributed by atoms with E-state index in [-0.39, 0.29) is 0 Å². The zero-order valence-corrected chi connectivity index (χ0v) is 11.7. The van der Waals surface area contributed by atoms with Crippen molar-refractivity contribution < 1.29 is 9.18 Å². The second-order valence-corrected chi connectivity index (χ2v) is 2.92. The van der Waals surface area contributed by atoms with Gasteiger partial charge in [0, 0.05) is 23.5 Å². The van der Waals surface area contributed by atoms with Crippen LogP contribution in [0, 0.1) is 5.82 Å². The molecule has 0 fully saturated rings. The van der Waals surface area contributed by atoms with Crippen molar-refractivity contribution in [2.24, 2.45) is 0 Å². The van der Waals surface area contributed by atoms with E-state index in [1.165, 1.54) is 18.2 Å². The number of halogens is 1. The van der Waals surface area contributed by atoms with Crippen molar-refractivity contribution in [1.29, 1.82) is 0 Å². The summed E-state index contributed by atoms with van der Waals surface area (Å²) < 4.78 is 13.0. The molecule has 102 valence electrons. The molecule has 4 heteroatoms. The third-order valence-corrected chi connectivity index (χ3v) is 1.95. The van der Waals surface area contributed by atoms with Gasteiger partial charge < -0.3 is 0 Å². The Morgan fingerprint density at radius 1 is 1.05 bits per heavy atom. The van der Waals surface area contributed by atoms with E-state index in [4.69, 9.17) is 0 Å². The molecule has 0 saturated heterocycles. The maximum atomic E-state index is 13.0. The molecular weight excluding hydrogens is 243 g/mol. The Morgan fingerprint density at radius 2 is 1.63 bits per heavy atom. The summed E-state index contributed by atoms with van der Waals surface area (Å²) in [6, 6.07) is 5.55. The van der Waals surface area contributed by atoms with Gasteiger partial charge in [-0.25, -0.2) is 14.4 Å². The minimum absolute atomic E-state index is 0.346. The highest BCUT2D eigenvalue weighted by atomic mass is 19.1. The van der Waals surface area contributed by atoms with Crippen LogP contribution in [0.1, 0.15) is 38.1 Å². The van der Waals surface area contributed by atoms with Gasteiger partial charge in [0.2, 0.25) is 0 Å². The third-order valence-electron chi connectivity index (χ3n) is 1.95. The van der Waals surface area contributed by atoms with Gasteiger partial charge in [-0.3, -0.25) is 4.79 Å². The largest absolute Gasteiger partial charge is 0.298 e. The maximum absolute atomic E-state index is 13.0. The number of hydrogen-bond donors (Lipinski definition) is 0. The summed E-state index contributed by atoms with van der Waals surface area (Å²) in [6.07, 6.45) is 3.74. The van der Waals surface area contributed by atoms with Crippen molar-refractivity contribution in [2.45, 2.75) is 27.7 Å². The predicted octanol–water partition coefficient (Wildman–Crippen LogP) is 4.15. The first-order valence-corrected chi connectivity index (χ1v) is 6.33. The summed E-state index contributed by atoms with van der Waals surface area (Å²) in [4.78, 5) is 18.7. The Morgan fingerprint density at radius 3 is 2.16 bits per heavy atom. The summed E-state index contributed by atoms with van der Waals surface area (Å²) in [6.45, 7) is 8.00. The molecule has 19 heavy (non-hydrogen) atoms. The molecule has 1 aromatic heterocycles. The van der Waals surface area contributed by atoms with Crippen LogP contribution in [0.2, 0.25) is 0 Å². The predicted molar refractivity (Wildman–Crippen MR) is 75.5 cm³/mol. The van der Waals surface area contributed by atoms with Crippen molar-refractivity contribution in [3.63, 3.8) is 0 Å². The molecule has 0 aliphatic heterocycles. The van der Waals surface area contributed by atoms with E-state index in [0.717, 1.165) is 0 Å². The highest BCUT2D eigenvalue weighted by Crippen LogP contribution is 2.19. The SMILES string of the molecule is CC.CC.O=Cc1ccc(F)cc1-c1ncccn1. The van der Waals surface area contributed by atoms with Gasteiger partial charge in [-0.05, 0) is 24.3 Å². The summed E-state index contributed by atoms with van der Waals surface area (Å²) >= 11 is 0. The Hall–Kier alpha value is -2.10. The van der Waals surface area contributed by atoms with Gasteiger partial charge >= 0.3 is 0 Å². The lowest BCUT2D eigenvalue weighted by atomic mass is 10.1. The summed E-state index contributed by atoms with van der Waals surface area (Å²) in [5.74, 6) is -0.0675. The summed E-state index contributed by atoms with van der Waals surface area (Å²) in [5, 5.41) is 0. The van der Waals surface area contributed by atoms with Crippen molar-refractivity contribution in [2.75, 3.05) is 0 Å². The van der Waals surface area contributed by atoms with Crippen LogP contribution in [0.5, 0.6) is 0 Å². The topological polar surface area (TPSA) is 42.9 Å². The van der Waals surface area contributed by atoms with E-state index in [9.17, 15) is 9.18 Å². The highest BCUT2D eigenvalue weighted by molar-refractivity contribution is 5.85. The van der Waals surface area contributed by atoms with E-state index in [1.54, 1.807) is 18.5 Å². The number of hydrogen-bond acceptors (Lipinski definition) is 3. The zero-order chi connectivity index (χ0) is 14.7. The van der Waals surface area contributed by atoms with Crippen LogP contribution in [0.3, 0.4) is 0 Å². The van der Waals surface area contributed by atoms with Gasteiger partial charge in [0.1, 0.15) is 5.82 Å². The summed E-state index contributed by atoms with van der Waals surface area (Å²) in [5.41, 5.74) is 0.785.